The molecule has 0 radical (unpaired) electrons. The minimum atomic E-state index is -4.01. The molecule has 3 rings (SSSR count). The van der Waals surface area contributed by atoms with Crippen LogP contribution in [0.4, 0.5) is 8.78 Å². The van der Waals surface area contributed by atoms with Crippen molar-refractivity contribution in [3.63, 3.8) is 0 Å². The highest BCUT2D eigenvalue weighted by Crippen LogP contribution is 2.47. The van der Waals surface area contributed by atoms with Crippen LogP contribution in [-0.2, 0) is 14.6 Å². The second-order valence-corrected chi connectivity index (χ2v) is 8.64. The predicted octanol–water partition coefficient (Wildman–Crippen LogP) is 4.65. The summed E-state index contributed by atoms with van der Waals surface area (Å²) in [6.07, 6.45) is 3.83. The van der Waals surface area contributed by atoms with Crippen molar-refractivity contribution in [2.24, 2.45) is 0 Å². The van der Waals surface area contributed by atoms with Gasteiger partial charge >= 0.3 is 0 Å². The van der Waals surface area contributed by atoms with Gasteiger partial charge in [0.05, 0.1) is 5.02 Å². The van der Waals surface area contributed by atoms with E-state index in [9.17, 15) is 17.2 Å². The van der Waals surface area contributed by atoms with E-state index in [0.717, 1.165) is 24.6 Å². The summed E-state index contributed by atoms with van der Waals surface area (Å²) in [5.74, 6) is -1.37. The predicted molar refractivity (Wildman–Crippen MR) is 87.6 cm³/mol. The van der Waals surface area contributed by atoms with E-state index in [0.29, 0.717) is 17.9 Å². The van der Waals surface area contributed by atoms with Crippen molar-refractivity contribution in [1.82, 2.24) is 4.98 Å². The molecule has 0 atom stereocenters. The van der Waals surface area contributed by atoms with Crippen LogP contribution in [0.15, 0.2) is 41.6 Å². The van der Waals surface area contributed by atoms with Gasteiger partial charge in [-0.15, -0.1) is 0 Å². The highest BCUT2D eigenvalue weighted by atomic mass is 35.5. The van der Waals surface area contributed by atoms with Gasteiger partial charge in [-0.3, -0.25) is 0 Å². The van der Waals surface area contributed by atoms with Crippen molar-refractivity contribution >= 4 is 21.4 Å². The van der Waals surface area contributed by atoms with Crippen molar-refractivity contribution < 1.29 is 17.2 Å². The summed E-state index contributed by atoms with van der Waals surface area (Å²) in [6.45, 7) is 0. The molecule has 1 heterocycles. The van der Waals surface area contributed by atoms with Gasteiger partial charge in [0.1, 0.15) is 16.4 Å². The van der Waals surface area contributed by atoms with Crippen LogP contribution >= 0.6 is 11.6 Å². The number of benzene rings is 1. The maximum Gasteiger partial charge on any atom is 0.205 e. The van der Waals surface area contributed by atoms with Gasteiger partial charge in [0.25, 0.3) is 0 Å². The van der Waals surface area contributed by atoms with E-state index in [2.05, 4.69) is 4.98 Å². The molecule has 0 amide bonds. The summed E-state index contributed by atoms with van der Waals surface area (Å²) in [5.41, 5.74) is -0.112. The molecule has 0 N–H and O–H groups in total. The standard InChI is InChI=1S/C17H16ClF2NO2S/c18-12-4-7-16(21-11-12)24(22,23)17(8-2-1-3-9-17)14-10-13(19)5-6-15(14)20/h4-7,10-11H,1-3,8-9H2. The minimum Gasteiger partial charge on any atom is -0.243 e. The largest absolute Gasteiger partial charge is 0.243 e. The van der Waals surface area contributed by atoms with E-state index in [1.54, 1.807) is 0 Å². The first-order valence-electron chi connectivity index (χ1n) is 7.68. The zero-order valence-corrected chi connectivity index (χ0v) is 14.4. The Hall–Kier alpha value is -1.53. The van der Waals surface area contributed by atoms with E-state index in [4.69, 9.17) is 11.6 Å². The third kappa shape index (κ3) is 2.82. The van der Waals surface area contributed by atoms with Crippen molar-refractivity contribution in [2.45, 2.75) is 41.9 Å². The van der Waals surface area contributed by atoms with Gasteiger partial charge in [0.15, 0.2) is 5.03 Å². The number of hydrogen-bond donors (Lipinski definition) is 0. The quantitative estimate of drug-likeness (QED) is 0.789. The summed E-state index contributed by atoms with van der Waals surface area (Å²) in [7, 11) is -4.01. The molecule has 1 aliphatic carbocycles. The summed E-state index contributed by atoms with van der Waals surface area (Å²) in [5, 5.41) is 0.140. The third-order valence-electron chi connectivity index (χ3n) is 4.57. The Bertz CT molecular complexity index is 847. The van der Waals surface area contributed by atoms with Crippen LogP contribution in [0.2, 0.25) is 5.02 Å². The average Bonchev–Trinajstić information content (AvgIpc) is 2.58. The average molecular weight is 372 g/mol. The van der Waals surface area contributed by atoms with Gasteiger partial charge in [-0.25, -0.2) is 22.2 Å². The molecule has 3 nitrogen and oxygen atoms in total. The second kappa shape index (κ2) is 6.41. The van der Waals surface area contributed by atoms with Gasteiger partial charge in [-0.05, 0) is 43.2 Å². The Kier molecular flexibility index (Phi) is 4.62. The molecular weight excluding hydrogens is 356 g/mol. The molecule has 2 aromatic rings. The van der Waals surface area contributed by atoms with Crippen LogP contribution in [0.25, 0.3) is 0 Å². The van der Waals surface area contributed by atoms with E-state index in [1.165, 1.54) is 18.3 Å². The lowest BCUT2D eigenvalue weighted by Gasteiger charge is -2.37. The molecule has 1 aliphatic rings. The molecule has 24 heavy (non-hydrogen) atoms. The van der Waals surface area contributed by atoms with Crippen LogP contribution in [0.3, 0.4) is 0 Å². The first-order valence-corrected chi connectivity index (χ1v) is 9.55. The van der Waals surface area contributed by atoms with E-state index in [-0.39, 0.29) is 23.4 Å². The highest BCUT2D eigenvalue weighted by Gasteiger charge is 2.49. The van der Waals surface area contributed by atoms with Crippen molar-refractivity contribution in [1.29, 1.82) is 0 Å². The Morgan fingerprint density at radius 2 is 1.75 bits per heavy atom. The number of hydrogen-bond acceptors (Lipinski definition) is 3. The van der Waals surface area contributed by atoms with E-state index >= 15 is 0 Å². The molecule has 0 unspecified atom stereocenters. The van der Waals surface area contributed by atoms with Gasteiger partial charge in [-0.1, -0.05) is 30.9 Å². The van der Waals surface area contributed by atoms with Gasteiger partial charge in [0.2, 0.25) is 9.84 Å². The molecule has 0 spiro atoms. The number of halogens is 3. The Balaban J connectivity index is 2.22. The van der Waals surface area contributed by atoms with Crippen molar-refractivity contribution in [3.05, 3.63) is 58.7 Å². The number of sulfone groups is 1. The molecule has 1 saturated carbocycles. The molecule has 0 bridgehead atoms. The molecule has 0 saturated heterocycles. The fourth-order valence-corrected chi connectivity index (χ4v) is 5.60. The molecule has 1 aromatic carbocycles. The first kappa shape index (κ1) is 17.3. The van der Waals surface area contributed by atoms with Gasteiger partial charge in [0, 0.05) is 11.8 Å². The normalized spacial score (nSPS) is 17.6. The summed E-state index contributed by atoms with van der Waals surface area (Å²) in [4.78, 5) is 3.91. The lowest BCUT2D eigenvalue weighted by molar-refractivity contribution is 0.367. The number of pyridine rings is 1. The van der Waals surface area contributed by atoms with Crippen LogP contribution in [-0.4, -0.2) is 13.4 Å². The summed E-state index contributed by atoms with van der Waals surface area (Å²) < 4.78 is 53.2. The maximum absolute atomic E-state index is 14.4. The second-order valence-electron chi connectivity index (χ2n) is 6.00. The summed E-state index contributed by atoms with van der Waals surface area (Å²) >= 11 is 5.78. The number of nitrogens with zero attached hydrogens (tertiary/aromatic N) is 1. The first-order chi connectivity index (χ1) is 11.4. The zero-order chi connectivity index (χ0) is 17.4. The molecular formula is C17H16ClF2NO2S. The van der Waals surface area contributed by atoms with Gasteiger partial charge in [-0.2, -0.15) is 0 Å². The molecule has 1 fully saturated rings. The molecule has 7 heteroatoms. The Morgan fingerprint density at radius 3 is 2.38 bits per heavy atom. The maximum atomic E-state index is 14.4. The SMILES string of the molecule is O=S(=O)(c1ccc(Cl)cn1)C1(c2cc(F)ccc2F)CCCCC1. The third-order valence-corrected chi connectivity index (χ3v) is 7.24. The Labute approximate surface area is 144 Å². The fraction of sp³-hybridized carbons (Fsp3) is 0.353. The van der Waals surface area contributed by atoms with Crippen LogP contribution in [0, 0.1) is 11.6 Å². The smallest absolute Gasteiger partial charge is 0.205 e. The molecule has 128 valence electrons. The number of rotatable bonds is 3. The monoisotopic (exact) mass is 371 g/mol. The van der Waals surface area contributed by atoms with Crippen molar-refractivity contribution in [2.75, 3.05) is 0 Å². The lowest BCUT2D eigenvalue weighted by Crippen LogP contribution is -2.39. The molecule has 0 aliphatic heterocycles. The van der Waals surface area contributed by atoms with Gasteiger partial charge < -0.3 is 0 Å². The highest BCUT2D eigenvalue weighted by molar-refractivity contribution is 7.92. The van der Waals surface area contributed by atoms with Crippen molar-refractivity contribution in [3.8, 4) is 0 Å². The van der Waals surface area contributed by atoms with E-state index < -0.39 is 26.2 Å². The van der Waals surface area contributed by atoms with Crippen LogP contribution in [0.1, 0.15) is 37.7 Å². The number of aromatic nitrogens is 1. The Morgan fingerprint density at radius 1 is 1.04 bits per heavy atom. The topological polar surface area (TPSA) is 47.0 Å². The lowest BCUT2D eigenvalue weighted by atomic mass is 9.82. The van der Waals surface area contributed by atoms with E-state index in [1.807, 2.05) is 0 Å². The van der Waals surface area contributed by atoms with Crippen LogP contribution < -0.4 is 0 Å². The molecule has 1 aromatic heterocycles. The zero-order valence-electron chi connectivity index (χ0n) is 12.8. The fourth-order valence-electron chi connectivity index (χ4n) is 3.37. The summed E-state index contributed by atoms with van der Waals surface area (Å²) in [6, 6.07) is 5.70. The van der Waals surface area contributed by atoms with Crippen LogP contribution in [0.5, 0.6) is 0 Å². The minimum absolute atomic E-state index is 0.112.